The zero-order chi connectivity index (χ0) is 17.7. The number of rotatable bonds is 5. The zero-order valence-corrected chi connectivity index (χ0v) is 15.4. The van der Waals surface area contributed by atoms with Crippen LogP contribution in [0.4, 0.5) is 0 Å². The molecule has 1 fully saturated rings. The summed E-state index contributed by atoms with van der Waals surface area (Å²) < 4.78 is 0. The van der Waals surface area contributed by atoms with Gasteiger partial charge in [-0.3, -0.25) is 0 Å². The summed E-state index contributed by atoms with van der Waals surface area (Å²) in [7, 11) is 4.19. The van der Waals surface area contributed by atoms with Gasteiger partial charge in [-0.05, 0) is 50.1 Å². The Hall–Kier alpha value is -1.90. The van der Waals surface area contributed by atoms with Crippen LogP contribution in [0.1, 0.15) is 30.4 Å². The maximum absolute atomic E-state index is 11.9. The monoisotopic (exact) mass is 335 g/mol. The van der Waals surface area contributed by atoms with Crippen molar-refractivity contribution >= 4 is 6.08 Å². The van der Waals surface area contributed by atoms with E-state index in [-0.39, 0.29) is 5.92 Å². The van der Waals surface area contributed by atoms with Crippen molar-refractivity contribution in [1.82, 2.24) is 4.90 Å². The molecule has 2 heteroatoms. The summed E-state index contributed by atoms with van der Waals surface area (Å²) in [6.07, 6.45) is 6.10. The molecule has 0 saturated heterocycles. The second-order valence-electron chi connectivity index (χ2n) is 7.52. The first kappa shape index (κ1) is 17.9. The topological polar surface area (TPSA) is 23.5 Å². The van der Waals surface area contributed by atoms with E-state index in [0.717, 1.165) is 25.8 Å². The second kappa shape index (κ2) is 7.99. The van der Waals surface area contributed by atoms with Crippen LogP contribution in [0.5, 0.6) is 0 Å². The summed E-state index contributed by atoms with van der Waals surface area (Å²) in [5.74, 6) is 0.256. The lowest BCUT2D eigenvalue weighted by Gasteiger charge is -2.43. The van der Waals surface area contributed by atoms with Gasteiger partial charge in [0, 0.05) is 18.9 Å². The van der Waals surface area contributed by atoms with Gasteiger partial charge < -0.3 is 10.0 Å². The Balaban J connectivity index is 1.97. The number of hydrogen-bond donors (Lipinski definition) is 1. The number of aliphatic hydroxyl groups is 1. The fourth-order valence-corrected chi connectivity index (χ4v) is 4.05. The van der Waals surface area contributed by atoms with Crippen molar-refractivity contribution in [2.75, 3.05) is 20.6 Å². The molecule has 1 saturated carbocycles. The Kier molecular flexibility index (Phi) is 5.72. The molecule has 2 atom stereocenters. The molecule has 0 radical (unpaired) electrons. The molecule has 2 aromatic rings. The lowest BCUT2D eigenvalue weighted by molar-refractivity contribution is -0.0123. The summed E-state index contributed by atoms with van der Waals surface area (Å²) in [6, 6.07) is 20.8. The van der Waals surface area contributed by atoms with Crippen molar-refractivity contribution < 1.29 is 5.11 Å². The highest BCUT2D eigenvalue weighted by Crippen LogP contribution is 2.41. The van der Waals surface area contributed by atoms with Gasteiger partial charge in [0.2, 0.25) is 0 Å². The summed E-state index contributed by atoms with van der Waals surface area (Å²) in [6.45, 7) is 0.912. The molecule has 1 aliphatic rings. The summed E-state index contributed by atoms with van der Waals surface area (Å²) in [4.78, 5) is 2.20. The van der Waals surface area contributed by atoms with Gasteiger partial charge in [-0.25, -0.2) is 0 Å². The van der Waals surface area contributed by atoms with Crippen LogP contribution in [0.2, 0.25) is 0 Å². The lowest BCUT2D eigenvalue weighted by Crippen LogP contribution is -2.48. The molecule has 1 N–H and O–H groups in total. The molecule has 0 aliphatic heterocycles. The first-order valence-electron chi connectivity index (χ1n) is 9.25. The van der Waals surface area contributed by atoms with Crippen molar-refractivity contribution in [3.05, 3.63) is 77.4 Å². The molecule has 1 aliphatic carbocycles. The Morgan fingerprint density at radius 2 is 1.68 bits per heavy atom. The molecule has 2 aromatic carbocycles. The van der Waals surface area contributed by atoms with Crippen LogP contribution in [-0.2, 0) is 6.42 Å². The number of hydrogen-bond acceptors (Lipinski definition) is 2. The fourth-order valence-electron chi connectivity index (χ4n) is 4.05. The SMILES string of the molecule is CN(C)CC1CCC/C(=C/c2ccccc2)C1(O)Cc1ccccc1. The van der Waals surface area contributed by atoms with E-state index in [4.69, 9.17) is 0 Å². The highest BCUT2D eigenvalue weighted by molar-refractivity contribution is 5.56. The summed E-state index contributed by atoms with van der Waals surface area (Å²) >= 11 is 0. The van der Waals surface area contributed by atoms with Gasteiger partial charge in [0.05, 0.1) is 5.60 Å². The standard InChI is InChI=1S/C23H29NO/c1-24(2)18-22-15-9-14-21(16-19-10-5-3-6-11-19)23(22,25)17-20-12-7-4-8-13-20/h3-8,10-13,16,22,25H,9,14-15,17-18H2,1-2H3/b21-16-. The largest absolute Gasteiger partial charge is 0.385 e. The normalized spacial score (nSPS) is 25.4. The van der Waals surface area contributed by atoms with E-state index < -0.39 is 5.60 Å². The minimum absolute atomic E-state index is 0.256. The van der Waals surface area contributed by atoms with E-state index in [1.54, 1.807) is 0 Å². The summed E-state index contributed by atoms with van der Waals surface area (Å²) in [5.41, 5.74) is 2.78. The maximum atomic E-state index is 11.9. The van der Waals surface area contributed by atoms with Gasteiger partial charge in [0.25, 0.3) is 0 Å². The predicted molar refractivity (Wildman–Crippen MR) is 105 cm³/mol. The van der Waals surface area contributed by atoms with E-state index in [9.17, 15) is 5.11 Å². The highest BCUT2D eigenvalue weighted by Gasteiger charge is 2.42. The molecule has 0 spiro atoms. The third-order valence-corrected chi connectivity index (χ3v) is 5.27. The molecule has 0 heterocycles. The highest BCUT2D eigenvalue weighted by atomic mass is 16.3. The van der Waals surface area contributed by atoms with Crippen molar-refractivity contribution in [3.63, 3.8) is 0 Å². The quantitative estimate of drug-likeness (QED) is 0.875. The van der Waals surface area contributed by atoms with Crippen LogP contribution in [0.3, 0.4) is 0 Å². The van der Waals surface area contributed by atoms with Crippen molar-refractivity contribution in [2.24, 2.45) is 5.92 Å². The van der Waals surface area contributed by atoms with Crippen molar-refractivity contribution in [1.29, 1.82) is 0 Å². The van der Waals surface area contributed by atoms with Crippen LogP contribution in [0.25, 0.3) is 6.08 Å². The Morgan fingerprint density at radius 1 is 1.04 bits per heavy atom. The first-order valence-corrected chi connectivity index (χ1v) is 9.25. The third-order valence-electron chi connectivity index (χ3n) is 5.27. The van der Waals surface area contributed by atoms with Crippen LogP contribution in [-0.4, -0.2) is 36.2 Å². The van der Waals surface area contributed by atoms with E-state index in [1.807, 2.05) is 12.1 Å². The first-order chi connectivity index (χ1) is 12.1. The van der Waals surface area contributed by atoms with Crippen molar-refractivity contribution in [2.45, 2.75) is 31.3 Å². The van der Waals surface area contributed by atoms with E-state index >= 15 is 0 Å². The van der Waals surface area contributed by atoms with Crippen LogP contribution in [0.15, 0.2) is 66.2 Å². The number of benzene rings is 2. The molecule has 0 amide bonds. The third kappa shape index (κ3) is 4.39. The molecular formula is C23H29NO. The summed E-state index contributed by atoms with van der Waals surface area (Å²) in [5, 5.41) is 11.9. The molecule has 2 nitrogen and oxygen atoms in total. The minimum Gasteiger partial charge on any atom is -0.385 e. The lowest BCUT2D eigenvalue weighted by atomic mass is 9.68. The average Bonchev–Trinajstić information content (AvgIpc) is 2.60. The van der Waals surface area contributed by atoms with E-state index in [0.29, 0.717) is 6.42 Å². The van der Waals surface area contributed by atoms with E-state index in [2.05, 4.69) is 73.6 Å². The molecular weight excluding hydrogens is 306 g/mol. The molecule has 132 valence electrons. The fraction of sp³-hybridized carbons (Fsp3) is 0.391. The molecule has 0 bridgehead atoms. The molecule has 25 heavy (non-hydrogen) atoms. The van der Waals surface area contributed by atoms with Crippen LogP contribution < -0.4 is 0 Å². The van der Waals surface area contributed by atoms with Gasteiger partial charge >= 0.3 is 0 Å². The van der Waals surface area contributed by atoms with Gasteiger partial charge in [-0.1, -0.05) is 66.7 Å². The molecule has 2 unspecified atom stereocenters. The van der Waals surface area contributed by atoms with Gasteiger partial charge in [0.1, 0.15) is 0 Å². The molecule has 3 rings (SSSR count). The smallest absolute Gasteiger partial charge is 0.0940 e. The average molecular weight is 335 g/mol. The Labute approximate surface area is 151 Å². The number of nitrogens with zero attached hydrogens (tertiary/aromatic N) is 1. The maximum Gasteiger partial charge on any atom is 0.0940 e. The van der Waals surface area contributed by atoms with Gasteiger partial charge in [0.15, 0.2) is 0 Å². The predicted octanol–water partition coefficient (Wildman–Crippen LogP) is 4.41. The molecule has 0 aromatic heterocycles. The van der Waals surface area contributed by atoms with Gasteiger partial charge in [-0.2, -0.15) is 0 Å². The van der Waals surface area contributed by atoms with E-state index in [1.165, 1.54) is 16.7 Å². The van der Waals surface area contributed by atoms with Crippen molar-refractivity contribution in [3.8, 4) is 0 Å². The Morgan fingerprint density at radius 3 is 2.32 bits per heavy atom. The second-order valence-corrected chi connectivity index (χ2v) is 7.52. The van der Waals surface area contributed by atoms with Gasteiger partial charge in [-0.15, -0.1) is 0 Å². The minimum atomic E-state index is -0.778. The van der Waals surface area contributed by atoms with Crippen LogP contribution in [0, 0.1) is 5.92 Å². The zero-order valence-electron chi connectivity index (χ0n) is 15.4. The Bertz CT molecular complexity index is 693. The van der Waals surface area contributed by atoms with Crippen LogP contribution >= 0.6 is 0 Å².